The van der Waals surface area contributed by atoms with Crippen LogP contribution in [0.5, 0.6) is 0 Å². The van der Waals surface area contributed by atoms with E-state index in [-0.39, 0.29) is 10.9 Å². The Morgan fingerprint density at radius 2 is 1.95 bits per heavy atom. The zero-order valence-corrected chi connectivity index (χ0v) is 22.2. The van der Waals surface area contributed by atoms with Crippen molar-refractivity contribution in [3.8, 4) is 0 Å². The van der Waals surface area contributed by atoms with Crippen LogP contribution in [0.15, 0.2) is 90.1 Å². The SMILES string of the molecule is CC1C=CC=CC1[C@H]1CCN([C@@H](CNS(=O)(=O)c2ccc3cc[nH]c3c2)c2cn(C)c3ccccc23)C1. The molecule has 1 fully saturated rings. The highest BCUT2D eigenvalue weighted by Gasteiger charge is 2.36. The van der Waals surface area contributed by atoms with E-state index in [9.17, 15) is 8.42 Å². The number of hydrogen-bond acceptors (Lipinski definition) is 3. The van der Waals surface area contributed by atoms with Crippen LogP contribution >= 0.6 is 0 Å². The lowest BCUT2D eigenvalue weighted by Gasteiger charge is -2.30. The molecule has 6 nitrogen and oxygen atoms in total. The van der Waals surface area contributed by atoms with E-state index in [1.807, 2.05) is 18.3 Å². The Morgan fingerprint density at radius 1 is 1.11 bits per heavy atom. The maximum atomic E-state index is 13.4. The summed E-state index contributed by atoms with van der Waals surface area (Å²) in [6, 6.07) is 15.5. The van der Waals surface area contributed by atoms with E-state index in [4.69, 9.17) is 0 Å². The summed E-state index contributed by atoms with van der Waals surface area (Å²) >= 11 is 0. The molecule has 37 heavy (non-hydrogen) atoms. The number of aromatic amines is 1. The van der Waals surface area contributed by atoms with Gasteiger partial charge in [-0.1, -0.05) is 55.5 Å². The molecule has 7 heteroatoms. The van der Waals surface area contributed by atoms with Gasteiger partial charge < -0.3 is 9.55 Å². The minimum Gasteiger partial charge on any atom is -0.361 e. The van der Waals surface area contributed by atoms with Crippen molar-refractivity contribution >= 4 is 31.8 Å². The highest BCUT2D eigenvalue weighted by atomic mass is 32.2. The summed E-state index contributed by atoms with van der Waals surface area (Å²) in [6.07, 6.45) is 14.1. The molecule has 2 unspecified atom stereocenters. The van der Waals surface area contributed by atoms with Gasteiger partial charge in [-0.15, -0.1) is 0 Å². The summed E-state index contributed by atoms with van der Waals surface area (Å²) in [4.78, 5) is 5.89. The van der Waals surface area contributed by atoms with Crippen molar-refractivity contribution in [1.82, 2.24) is 19.2 Å². The van der Waals surface area contributed by atoms with Gasteiger partial charge >= 0.3 is 0 Å². The first-order valence-corrected chi connectivity index (χ1v) is 14.6. The summed E-state index contributed by atoms with van der Waals surface area (Å²) in [5.74, 6) is 1.60. The molecule has 2 aromatic heterocycles. The fourth-order valence-corrected chi connectivity index (χ4v) is 7.34. The lowest BCUT2D eigenvalue weighted by molar-refractivity contribution is 0.223. The average molecular weight is 515 g/mol. The van der Waals surface area contributed by atoms with Crippen molar-refractivity contribution in [3.63, 3.8) is 0 Å². The van der Waals surface area contributed by atoms with E-state index in [2.05, 4.69) is 87.9 Å². The Balaban J connectivity index is 1.30. The Morgan fingerprint density at radius 3 is 2.81 bits per heavy atom. The van der Waals surface area contributed by atoms with Crippen LogP contribution in [-0.4, -0.2) is 42.5 Å². The van der Waals surface area contributed by atoms with E-state index in [1.54, 1.807) is 12.1 Å². The summed E-state index contributed by atoms with van der Waals surface area (Å²) in [5, 5.41) is 2.18. The number of sulfonamides is 1. The molecule has 0 amide bonds. The molecule has 3 heterocycles. The second-order valence-corrected chi connectivity index (χ2v) is 12.3. The van der Waals surface area contributed by atoms with Crippen molar-refractivity contribution < 1.29 is 8.42 Å². The van der Waals surface area contributed by atoms with Crippen molar-refractivity contribution in [2.75, 3.05) is 19.6 Å². The van der Waals surface area contributed by atoms with Gasteiger partial charge in [0.15, 0.2) is 0 Å². The number of aryl methyl sites for hydroxylation is 1. The zero-order chi connectivity index (χ0) is 25.6. The molecule has 2 N–H and O–H groups in total. The molecule has 4 aromatic rings. The van der Waals surface area contributed by atoms with Gasteiger partial charge in [-0.3, -0.25) is 4.90 Å². The number of allylic oxidation sites excluding steroid dienone is 4. The van der Waals surface area contributed by atoms with E-state index in [1.165, 1.54) is 10.9 Å². The lowest BCUT2D eigenvalue weighted by atomic mass is 9.79. The van der Waals surface area contributed by atoms with Crippen molar-refractivity contribution in [1.29, 1.82) is 0 Å². The molecule has 4 atom stereocenters. The summed E-state index contributed by atoms with van der Waals surface area (Å²) in [7, 11) is -1.61. The molecule has 0 saturated carbocycles. The number of rotatable bonds is 7. The smallest absolute Gasteiger partial charge is 0.240 e. The number of benzene rings is 2. The fraction of sp³-hybridized carbons (Fsp3) is 0.333. The standard InChI is InChI=1S/C30H34N4O2S/c1-21-7-3-4-8-25(21)23-14-16-34(19-23)30(27-20-33(2)29-10-6-5-9-26(27)29)18-32-37(35,36)24-12-11-22-13-15-31-28(22)17-24/h3-13,15,17,20-21,23,25,30-32H,14,16,18-19H2,1-2H3/t21?,23-,25?,30-/m0/s1. The third-order valence-electron chi connectivity index (χ3n) is 8.30. The molecule has 1 aliphatic carbocycles. The molecule has 0 radical (unpaired) electrons. The van der Waals surface area contributed by atoms with Gasteiger partial charge in [0.2, 0.25) is 10.0 Å². The molecule has 0 bridgehead atoms. The molecule has 192 valence electrons. The number of H-pyrrole nitrogens is 1. The number of hydrogen-bond donors (Lipinski definition) is 2. The van der Waals surface area contributed by atoms with Gasteiger partial charge in [0, 0.05) is 49.0 Å². The van der Waals surface area contributed by atoms with Gasteiger partial charge in [0.25, 0.3) is 0 Å². The van der Waals surface area contributed by atoms with Gasteiger partial charge in [-0.25, -0.2) is 13.1 Å². The lowest BCUT2D eigenvalue weighted by Crippen LogP contribution is -2.37. The fourth-order valence-electron chi connectivity index (χ4n) is 6.27. The Kier molecular flexibility index (Phi) is 6.31. The molecule has 2 aliphatic rings. The normalized spacial score (nSPS) is 23.4. The van der Waals surface area contributed by atoms with Crippen LogP contribution in [0, 0.1) is 17.8 Å². The van der Waals surface area contributed by atoms with Crippen LogP contribution in [0.25, 0.3) is 21.8 Å². The van der Waals surface area contributed by atoms with Gasteiger partial charge in [0.1, 0.15) is 0 Å². The number of nitrogens with zero attached hydrogens (tertiary/aromatic N) is 2. The highest BCUT2D eigenvalue weighted by Crippen LogP contribution is 2.38. The third-order valence-corrected chi connectivity index (χ3v) is 9.72. The maximum Gasteiger partial charge on any atom is 0.240 e. The van der Waals surface area contributed by atoms with Gasteiger partial charge in [0.05, 0.1) is 10.9 Å². The van der Waals surface area contributed by atoms with Crippen molar-refractivity contribution in [3.05, 3.63) is 90.8 Å². The van der Waals surface area contributed by atoms with Gasteiger partial charge in [-0.2, -0.15) is 0 Å². The van der Waals surface area contributed by atoms with Crippen LogP contribution in [-0.2, 0) is 17.1 Å². The summed E-state index contributed by atoms with van der Waals surface area (Å²) < 4.78 is 31.9. The highest BCUT2D eigenvalue weighted by molar-refractivity contribution is 7.89. The molecular formula is C30H34N4O2S. The molecule has 2 aromatic carbocycles. The number of aromatic nitrogens is 2. The maximum absolute atomic E-state index is 13.4. The Hall–Kier alpha value is -3.13. The second-order valence-electron chi connectivity index (χ2n) is 10.6. The summed E-state index contributed by atoms with van der Waals surface area (Å²) in [5.41, 5.74) is 3.15. The predicted molar refractivity (Wildman–Crippen MR) is 150 cm³/mol. The van der Waals surface area contributed by atoms with Gasteiger partial charge in [-0.05, 0) is 65.9 Å². The van der Waals surface area contributed by atoms with Crippen LogP contribution in [0.4, 0.5) is 0 Å². The molecule has 1 aliphatic heterocycles. The first kappa shape index (κ1) is 24.2. The zero-order valence-electron chi connectivity index (χ0n) is 21.3. The topological polar surface area (TPSA) is 70.1 Å². The predicted octanol–water partition coefficient (Wildman–Crippen LogP) is 5.38. The van der Waals surface area contributed by atoms with Crippen LogP contribution in [0.2, 0.25) is 0 Å². The second kappa shape index (κ2) is 9.63. The number of para-hydroxylation sites is 1. The Labute approximate surface area is 218 Å². The Bertz CT molecular complexity index is 1600. The molecule has 1 saturated heterocycles. The largest absolute Gasteiger partial charge is 0.361 e. The third kappa shape index (κ3) is 4.56. The van der Waals surface area contributed by atoms with Crippen LogP contribution < -0.4 is 4.72 Å². The number of likely N-dealkylation sites (tertiary alicyclic amines) is 1. The molecule has 0 spiro atoms. The van der Waals surface area contributed by atoms with Crippen molar-refractivity contribution in [2.24, 2.45) is 24.8 Å². The van der Waals surface area contributed by atoms with Crippen LogP contribution in [0.1, 0.15) is 24.9 Å². The van der Waals surface area contributed by atoms with Crippen LogP contribution in [0.3, 0.4) is 0 Å². The first-order valence-electron chi connectivity index (χ1n) is 13.1. The minimum absolute atomic E-state index is 0.0569. The molecule has 6 rings (SSSR count). The monoisotopic (exact) mass is 514 g/mol. The number of fused-ring (bicyclic) bond motifs is 2. The quantitative estimate of drug-likeness (QED) is 0.348. The van der Waals surface area contributed by atoms with E-state index in [0.29, 0.717) is 24.3 Å². The van der Waals surface area contributed by atoms with E-state index in [0.717, 1.165) is 35.9 Å². The van der Waals surface area contributed by atoms with E-state index >= 15 is 0 Å². The van der Waals surface area contributed by atoms with Crippen molar-refractivity contribution in [2.45, 2.75) is 24.3 Å². The minimum atomic E-state index is -3.68. The molecular weight excluding hydrogens is 480 g/mol. The first-order chi connectivity index (χ1) is 17.9. The summed E-state index contributed by atoms with van der Waals surface area (Å²) in [6.45, 7) is 4.53. The van der Waals surface area contributed by atoms with E-state index < -0.39 is 10.0 Å². The average Bonchev–Trinajstić information content (AvgIpc) is 3.64. The number of nitrogens with one attached hydrogen (secondary N) is 2.